The summed E-state index contributed by atoms with van der Waals surface area (Å²) in [7, 11) is 2.23. The summed E-state index contributed by atoms with van der Waals surface area (Å²) in [6.07, 6.45) is 10.8. The molecule has 1 radical (unpaired) electrons. The number of aromatic hydroxyl groups is 1. The second-order valence-corrected chi connectivity index (χ2v) is 9.63. The monoisotopic (exact) mass is 396 g/mol. The largest absolute Gasteiger partial charge is 0.504 e. The highest BCUT2D eigenvalue weighted by atomic mass is 16.5. The normalized spacial score (nSPS) is 35.3. The van der Waals surface area contributed by atoms with Crippen molar-refractivity contribution in [3.63, 3.8) is 0 Å². The first-order valence-electron chi connectivity index (χ1n) is 11.4. The maximum Gasteiger partial charge on any atom is 0.165 e. The summed E-state index contributed by atoms with van der Waals surface area (Å²) in [5, 5.41) is 21.8. The zero-order valence-corrected chi connectivity index (χ0v) is 17.7. The molecule has 1 unspecified atom stereocenters. The summed E-state index contributed by atoms with van der Waals surface area (Å²) in [5.41, 5.74) is 3.65. The van der Waals surface area contributed by atoms with Crippen molar-refractivity contribution in [3.05, 3.63) is 41.8 Å². The molecule has 2 bridgehead atoms. The van der Waals surface area contributed by atoms with Crippen LogP contribution in [0.4, 0.5) is 0 Å². The first kappa shape index (κ1) is 19.4. The first-order chi connectivity index (χ1) is 14.0. The molecule has 157 valence electrons. The van der Waals surface area contributed by atoms with Crippen molar-refractivity contribution in [2.75, 3.05) is 13.6 Å². The van der Waals surface area contributed by atoms with E-state index in [0.717, 1.165) is 32.2 Å². The molecule has 1 spiro atoms. The van der Waals surface area contributed by atoms with Gasteiger partial charge in [0.05, 0.1) is 0 Å². The van der Waals surface area contributed by atoms with Gasteiger partial charge in [0, 0.05) is 22.9 Å². The fraction of sp³-hybridized carbons (Fsp3) is 0.640. The molecule has 1 aromatic carbocycles. The molecule has 2 heterocycles. The van der Waals surface area contributed by atoms with E-state index in [1.165, 1.54) is 36.0 Å². The highest BCUT2D eigenvalue weighted by molar-refractivity contribution is 5.64. The van der Waals surface area contributed by atoms with Crippen LogP contribution in [0, 0.1) is 12.8 Å². The average Bonchev–Trinajstić information content (AvgIpc) is 3.07. The van der Waals surface area contributed by atoms with Crippen molar-refractivity contribution in [3.8, 4) is 11.5 Å². The van der Waals surface area contributed by atoms with Gasteiger partial charge in [0.25, 0.3) is 0 Å². The number of likely N-dealkylation sites (N-methyl/N-ethyl adjacent to an activating group) is 1. The smallest absolute Gasteiger partial charge is 0.165 e. The van der Waals surface area contributed by atoms with E-state index in [-0.39, 0.29) is 17.3 Å². The number of aliphatic hydroxyl groups excluding tert-OH is 1. The Hall–Kier alpha value is -1.52. The minimum atomic E-state index is -0.621. The number of phenolic OH excluding ortho intramolecular Hbond substituents is 1. The second-order valence-electron chi connectivity index (χ2n) is 9.63. The Balaban J connectivity index is 1.68. The Kier molecular flexibility index (Phi) is 4.71. The number of phenols is 1. The Bertz CT molecular complexity index is 834. The zero-order chi connectivity index (χ0) is 20.3. The minimum Gasteiger partial charge on any atom is -0.504 e. The first-order valence-corrected chi connectivity index (χ1v) is 11.4. The summed E-state index contributed by atoms with van der Waals surface area (Å²) in [6.45, 7) is 7.49. The fourth-order valence-corrected chi connectivity index (χ4v) is 6.81. The lowest BCUT2D eigenvalue weighted by atomic mass is 9.52. The number of hydrogen-bond donors (Lipinski definition) is 2. The molecule has 0 saturated carbocycles. The van der Waals surface area contributed by atoms with Crippen molar-refractivity contribution in [2.24, 2.45) is 5.92 Å². The highest BCUT2D eigenvalue weighted by Crippen LogP contribution is 2.63. The van der Waals surface area contributed by atoms with Crippen molar-refractivity contribution >= 4 is 0 Å². The van der Waals surface area contributed by atoms with Crippen molar-refractivity contribution < 1.29 is 14.9 Å². The predicted molar refractivity (Wildman–Crippen MR) is 114 cm³/mol. The summed E-state index contributed by atoms with van der Waals surface area (Å²) in [4.78, 5) is 2.49. The highest BCUT2D eigenvalue weighted by Gasteiger charge is 2.64. The lowest BCUT2D eigenvalue weighted by molar-refractivity contribution is -0.0454. The predicted octanol–water partition coefficient (Wildman–Crippen LogP) is 4.09. The molecule has 4 nitrogen and oxygen atoms in total. The van der Waals surface area contributed by atoms with E-state index in [9.17, 15) is 10.2 Å². The van der Waals surface area contributed by atoms with Gasteiger partial charge in [-0.3, -0.25) is 0 Å². The molecular weight excluding hydrogens is 362 g/mol. The topological polar surface area (TPSA) is 52.9 Å². The summed E-state index contributed by atoms with van der Waals surface area (Å²) < 4.78 is 6.34. The van der Waals surface area contributed by atoms with E-state index in [1.807, 2.05) is 12.1 Å². The third-order valence-corrected chi connectivity index (χ3v) is 8.26. The van der Waals surface area contributed by atoms with Gasteiger partial charge < -0.3 is 19.8 Å². The molecule has 2 N–H and O–H groups in total. The van der Waals surface area contributed by atoms with Crippen molar-refractivity contribution in [1.29, 1.82) is 0 Å². The number of benzene rings is 1. The Morgan fingerprint density at radius 3 is 2.93 bits per heavy atom. The quantitative estimate of drug-likeness (QED) is 0.562. The number of hydrogen-bond acceptors (Lipinski definition) is 4. The van der Waals surface area contributed by atoms with E-state index in [2.05, 4.69) is 31.9 Å². The van der Waals surface area contributed by atoms with Crippen LogP contribution in [0.3, 0.4) is 0 Å². The maximum absolute atomic E-state index is 11.0. The van der Waals surface area contributed by atoms with Crippen LogP contribution in [0.5, 0.6) is 11.5 Å². The van der Waals surface area contributed by atoms with Gasteiger partial charge >= 0.3 is 0 Å². The third-order valence-electron chi connectivity index (χ3n) is 8.26. The minimum absolute atomic E-state index is 0.211. The molecule has 1 fully saturated rings. The van der Waals surface area contributed by atoms with Gasteiger partial charge in [-0.1, -0.05) is 45.3 Å². The molecule has 2 aliphatic carbocycles. The van der Waals surface area contributed by atoms with E-state index in [0.29, 0.717) is 23.6 Å². The fourth-order valence-electron chi connectivity index (χ4n) is 6.81. The van der Waals surface area contributed by atoms with E-state index in [1.54, 1.807) is 0 Å². The van der Waals surface area contributed by atoms with Crippen LogP contribution < -0.4 is 4.74 Å². The van der Waals surface area contributed by atoms with Crippen LogP contribution >= 0.6 is 0 Å². The molecule has 1 aromatic rings. The summed E-state index contributed by atoms with van der Waals surface area (Å²) >= 11 is 0. The summed E-state index contributed by atoms with van der Waals surface area (Å²) in [5.74, 6) is 1.59. The van der Waals surface area contributed by atoms with Crippen molar-refractivity contribution in [2.45, 2.75) is 81.5 Å². The van der Waals surface area contributed by atoms with Gasteiger partial charge in [0.1, 0.15) is 12.2 Å². The number of likely N-dealkylation sites (tertiary alicyclic amines) is 1. The molecule has 5 rings (SSSR count). The molecule has 4 heteroatoms. The van der Waals surface area contributed by atoms with Crippen LogP contribution in [0.15, 0.2) is 18.2 Å². The third kappa shape index (κ3) is 2.58. The molecule has 2 aliphatic heterocycles. The maximum atomic E-state index is 11.0. The number of unbranched alkanes of at least 4 members (excludes halogenated alkanes) is 2. The van der Waals surface area contributed by atoms with Crippen LogP contribution in [-0.2, 0) is 11.8 Å². The molecule has 4 aliphatic rings. The lowest BCUT2D eigenvalue weighted by Crippen LogP contribution is -2.64. The van der Waals surface area contributed by atoms with Gasteiger partial charge in [-0.2, -0.15) is 0 Å². The average molecular weight is 397 g/mol. The molecule has 29 heavy (non-hydrogen) atoms. The van der Waals surface area contributed by atoms with E-state index in [4.69, 9.17) is 4.74 Å². The van der Waals surface area contributed by atoms with E-state index < -0.39 is 6.10 Å². The number of aliphatic hydroxyl groups is 1. The standard InChI is InChI=1S/C25H34NO3/c1-4-6-7-8-15(5-2)16-14-21(28)23-22-17(16)13-19-18-9-10-20(27)24(29-23)25(18,22)11-12-26(19)3/h9-10,14-15,18-20,24,27-28H,2,4-8,11-13H2,1,3H3/t15?,18-,19+,20-,24-,25-/m0/s1. The Morgan fingerprint density at radius 1 is 1.34 bits per heavy atom. The van der Waals surface area contributed by atoms with Gasteiger partial charge in [-0.15, -0.1) is 0 Å². The molecule has 1 saturated heterocycles. The number of nitrogens with zero attached hydrogens (tertiary/aromatic N) is 1. The molecular formula is C25H34NO3. The van der Waals surface area contributed by atoms with Crippen LogP contribution in [-0.4, -0.2) is 47.0 Å². The van der Waals surface area contributed by atoms with Crippen LogP contribution in [0.2, 0.25) is 0 Å². The Labute approximate surface area is 174 Å². The summed E-state index contributed by atoms with van der Waals surface area (Å²) in [6, 6.07) is 2.38. The number of piperidine rings is 1. The van der Waals surface area contributed by atoms with Crippen LogP contribution in [0.25, 0.3) is 0 Å². The van der Waals surface area contributed by atoms with Gasteiger partial charge in [-0.25, -0.2) is 0 Å². The van der Waals surface area contributed by atoms with E-state index >= 15 is 0 Å². The SMILES string of the molecule is [CH2]CC(CCCCC)c1cc(O)c2c3c1C[C@@H]1[C@@H]4C=C[C@H](O)[C@H](O2)[C@]34CCN1C. The Morgan fingerprint density at radius 2 is 2.17 bits per heavy atom. The lowest BCUT2D eigenvalue weighted by Gasteiger charge is -2.56. The molecule has 6 atom stereocenters. The van der Waals surface area contributed by atoms with Crippen LogP contribution in [0.1, 0.15) is 68.1 Å². The number of ether oxygens (including phenoxy) is 1. The zero-order valence-electron chi connectivity index (χ0n) is 17.7. The number of rotatable bonds is 6. The molecule has 0 aromatic heterocycles. The molecule has 0 amide bonds. The van der Waals surface area contributed by atoms with Gasteiger partial charge in [0.2, 0.25) is 0 Å². The van der Waals surface area contributed by atoms with Crippen molar-refractivity contribution in [1.82, 2.24) is 4.90 Å². The van der Waals surface area contributed by atoms with Gasteiger partial charge in [-0.05, 0) is 62.4 Å². The van der Waals surface area contributed by atoms with Gasteiger partial charge in [0.15, 0.2) is 11.5 Å². The second kappa shape index (κ2) is 7.02.